The van der Waals surface area contributed by atoms with Gasteiger partial charge in [-0.3, -0.25) is 4.79 Å². The minimum absolute atomic E-state index is 0.169. The fraction of sp³-hybridized carbons (Fsp3) is 0.188. The maximum atomic E-state index is 12.1. The van der Waals surface area contributed by atoms with Gasteiger partial charge in [-0.25, -0.2) is 0 Å². The number of aliphatic hydroxyl groups excluding tert-OH is 1. The number of ether oxygens (including phenoxy) is 1. The van der Waals surface area contributed by atoms with Crippen LogP contribution in [0.1, 0.15) is 20.8 Å². The van der Waals surface area contributed by atoms with Crippen LogP contribution in [0.2, 0.25) is 0 Å². The third kappa shape index (κ3) is 3.85. The Kier molecular flexibility index (Phi) is 4.99. The number of carbonyl (C=O) groups excluding carboxylic acids is 1. The van der Waals surface area contributed by atoms with E-state index < -0.39 is 0 Å². The molecule has 0 aliphatic rings. The van der Waals surface area contributed by atoms with E-state index in [1.807, 2.05) is 19.1 Å². The Morgan fingerprint density at radius 2 is 2.24 bits per heavy atom. The lowest BCUT2D eigenvalue weighted by molar-refractivity contribution is 0.103. The molecule has 0 aliphatic carbocycles. The van der Waals surface area contributed by atoms with Gasteiger partial charge >= 0.3 is 0 Å². The van der Waals surface area contributed by atoms with Crippen molar-refractivity contribution in [2.75, 3.05) is 19.0 Å². The zero-order valence-corrected chi connectivity index (χ0v) is 12.6. The second-order valence-corrected chi connectivity index (χ2v) is 5.21. The smallest absolute Gasteiger partial charge is 0.265 e. The summed E-state index contributed by atoms with van der Waals surface area (Å²) >= 11 is 1.33. The molecular weight excluding hydrogens is 286 g/mol. The first-order valence-electron chi connectivity index (χ1n) is 6.28. The normalized spacial score (nSPS) is 9.67. The molecule has 0 fully saturated rings. The summed E-state index contributed by atoms with van der Waals surface area (Å²) in [5.41, 5.74) is 2.48. The number of amides is 1. The molecule has 2 aromatic rings. The lowest BCUT2D eigenvalue weighted by Crippen LogP contribution is -2.10. The number of aryl methyl sites for hydroxylation is 1. The molecule has 0 saturated carbocycles. The van der Waals surface area contributed by atoms with Gasteiger partial charge in [-0.15, -0.1) is 11.3 Å². The number of hydrogen-bond donors (Lipinski definition) is 2. The molecule has 0 unspecified atom stereocenters. The fourth-order valence-electron chi connectivity index (χ4n) is 1.75. The Balaban J connectivity index is 2.12. The standard InChI is InChI=1S/C16H15NO3S/c1-11-8-13(6-5-12(11)4-3-7-18)17-16(19)15-9-14(20-2)10-21-15/h5-6,8-10,18H,7H2,1-2H3,(H,17,19). The lowest BCUT2D eigenvalue weighted by atomic mass is 10.1. The van der Waals surface area contributed by atoms with E-state index in [0.29, 0.717) is 16.3 Å². The number of carbonyl (C=O) groups is 1. The SMILES string of the molecule is COc1csc(C(=O)Nc2ccc(C#CCO)c(C)c2)c1. The van der Waals surface area contributed by atoms with Gasteiger partial charge in [0, 0.05) is 22.7 Å². The van der Waals surface area contributed by atoms with Crippen molar-refractivity contribution in [3.8, 4) is 17.6 Å². The second kappa shape index (κ2) is 6.93. The predicted octanol–water partition coefficient (Wildman–Crippen LogP) is 2.66. The van der Waals surface area contributed by atoms with Gasteiger partial charge in [-0.2, -0.15) is 0 Å². The number of thiophene rings is 1. The molecule has 5 heteroatoms. The minimum atomic E-state index is -0.170. The molecule has 0 saturated heterocycles. The predicted molar refractivity (Wildman–Crippen MR) is 84.0 cm³/mol. The molecule has 0 bridgehead atoms. The third-order valence-electron chi connectivity index (χ3n) is 2.82. The molecule has 108 valence electrons. The first-order chi connectivity index (χ1) is 10.1. The largest absolute Gasteiger partial charge is 0.496 e. The van der Waals surface area contributed by atoms with Crippen molar-refractivity contribution in [3.63, 3.8) is 0 Å². The van der Waals surface area contributed by atoms with E-state index in [0.717, 1.165) is 11.1 Å². The number of anilines is 1. The van der Waals surface area contributed by atoms with Crippen LogP contribution >= 0.6 is 11.3 Å². The summed E-state index contributed by atoms with van der Waals surface area (Å²) in [7, 11) is 1.57. The van der Waals surface area contributed by atoms with Crippen molar-refractivity contribution in [1.82, 2.24) is 0 Å². The van der Waals surface area contributed by atoms with Gasteiger partial charge in [0.1, 0.15) is 12.4 Å². The van der Waals surface area contributed by atoms with Gasteiger partial charge in [0.05, 0.1) is 12.0 Å². The van der Waals surface area contributed by atoms with Gasteiger partial charge in [0.15, 0.2) is 0 Å². The lowest BCUT2D eigenvalue weighted by Gasteiger charge is -2.06. The van der Waals surface area contributed by atoms with E-state index in [9.17, 15) is 4.79 Å². The van der Waals surface area contributed by atoms with Crippen LogP contribution in [0, 0.1) is 18.8 Å². The van der Waals surface area contributed by atoms with E-state index in [1.54, 1.807) is 24.6 Å². The number of aliphatic hydroxyl groups is 1. The van der Waals surface area contributed by atoms with E-state index in [1.165, 1.54) is 11.3 Å². The Labute approximate surface area is 127 Å². The molecule has 1 aromatic heterocycles. The van der Waals surface area contributed by atoms with E-state index >= 15 is 0 Å². The number of hydrogen-bond acceptors (Lipinski definition) is 4. The molecule has 1 aromatic carbocycles. The molecule has 4 nitrogen and oxygen atoms in total. The van der Waals surface area contributed by atoms with Crippen LogP contribution < -0.4 is 10.1 Å². The van der Waals surface area contributed by atoms with Crippen LogP contribution in [0.5, 0.6) is 5.75 Å². The van der Waals surface area contributed by atoms with Crippen LogP contribution in [0.3, 0.4) is 0 Å². The minimum Gasteiger partial charge on any atom is -0.496 e. The Hall–Kier alpha value is -2.29. The molecule has 0 atom stereocenters. The van der Waals surface area contributed by atoms with Gasteiger partial charge in [-0.05, 0) is 30.7 Å². The monoisotopic (exact) mass is 301 g/mol. The zero-order valence-electron chi connectivity index (χ0n) is 11.8. The van der Waals surface area contributed by atoms with Crippen LogP contribution in [0.15, 0.2) is 29.6 Å². The summed E-state index contributed by atoms with van der Waals surface area (Å²) in [4.78, 5) is 12.7. The average Bonchev–Trinajstić information content (AvgIpc) is 2.95. The summed E-state index contributed by atoms with van der Waals surface area (Å²) in [6, 6.07) is 7.16. The quantitative estimate of drug-likeness (QED) is 0.857. The maximum Gasteiger partial charge on any atom is 0.265 e. The molecular formula is C16H15NO3S. The molecule has 0 aliphatic heterocycles. The Morgan fingerprint density at radius 3 is 2.86 bits per heavy atom. The van der Waals surface area contributed by atoms with Gasteiger partial charge in [0.2, 0.25) is 0 Å². The molecule has 1 amide bonds. The molecule has 1 heterocycles. The number of rotatable bonds is 3. The van der Waals surface area contributed by atoms with Crippen molar-refractivity contribution in [2.24, 2.45) is 0 Å². The van der Waals surface area contributed by atoms with Crippen LogP contribution in [-0.2, 0) is 0 Å². The highest BCUT2D eigenvalue weighted by atomic mass is 32.1. The van der Waals surface area contributed by atoms with Crippen molar-refractivity contribution in [1.29, 1.82) is 0 Å². The van der Waals surface area contributed by atoms with Gasteiger partial charge < -0.3 is 15.2 Å². The first-order valence-corrected chi connectivity index (χ1v) is 7.16. The average molecular weight is 301 g/mol. The summed E-state index contributed by atoms with van der Waals surface area (Å²) in [6.07, 6.45) is 0. The van der Waals surface area contributed by atoms with Gasteiger partial charge in [-0.1, -0.05) is 11.8 Å². The van der Waals surface area contributed by atoms with Gasteiger partial charge in [0.25, 0.3) is 5.91 Å². The summed E-state index contributed by atoms with van der Waals surface area (Å²) in [6.45, 7) is 1.74. The summed E-state index contributed by atoms with van der Waals surface area (Å²) in [5.74, 6) is 5.97. The maximum absolute atomic E-state index is 12.1. The number of nitrogens with one attached hydrogen (secondary N) is 1. The van der Waals surface area contributed by atoms with E-state index in [-0.39, 0.29) is 12.5 Å². The van der Waals surface area contributed by atoms with E-state index in [4.69, 9.17) is 9.84 Å². The number of benzene rings is 1. The Morgan fingerprint density at radius 1 is 1.43 bits per heavy atom. The number of methoxy groups -OCH3 is 1. The third-order valence-corrected chi connectivity index (χ3v) is 3.73. The second-order valence-electron chi connectivity index (χ2n) is 4.29. The van der Waals surface area contributed by atoms with Crippen molar-refractivity contribution in [3.05, 3.63) is 45.6 Å². The summed E-state index contributed by atoms with van der Waals surface area (Å²) < 4.78 is 5.06. The van der Waals surface area contributed by atoms with Crippen LogP contribution in [-0.4, -0.2) is 24.7 Å². The highest BCUT2D eigenvalue weighted by Gasteiger charge is 2.10. The summed E-state index contributed by atoms with van der Waals surface area (Å²) in [5, 5.41) is 13.3. The highest BCUT2D eigenvalue weighted by molar-refractivity contribution is 7.12. The van der Waals surface area contributed by atoms with Crippen molar-refractivity contribution in [2.45, 2.75) is 6.92 Å². The van der Waals surface area contributed by atoms with Crippen LogP contribution in [0.25, 0.3) is 0 Å². The molecule has 0 radical (unpaired) electrons. The Bertz CT molecular complexity index is 710. The van der Waals surface area contributed by atoms with E-state index in [2.05, 4.69) is 17.2 Å². The first kappa shape index (κ1) is 15.1. The molecule has 2 N–H and O–H groups in total. The fourth-order valence-corrected chi connectivity index (χ4v) is 2.50. The topological polar surface area (TPSA) is 58.6 Å². The van der Waals surface area contributed by atoms with Crippen molar-refractivity contribution < 1.29 is 14.6 Å². The molecule has 0 spiro atoms. The highest BCUT2D eigenvalue weighted by Crippen LogP contribution is 2.22. The van der Waals surface area contributed by atoms with Crippen LogP contribution in [0.4, 0.5) is 5.69 Å². The molecule has 2 rings (SSSR count). The molecule has 21 heavy (non-hydrogen) atoms. The zero-order chi connectivity index (χ0) is 15.2. The van der Waals surface area contributed by atoms with Crippen molar-refractivity contribution >= 4 is 22.9 Å².